The average molecular weight is 374 g/mol. The van der Waals surface area contributed by atoms with Gasteiger partial charge in [0, 0.05) is 0 Å². The van der Waals surface area contributed by atoms with E-state index in [4.69, 9.17) is 0 Å². The highest BCUT2D eigenvalue weighted by Crippen LogP contribution is 2.60. The summed E-state index contributed by atoms with van der Waals surface area (Å²) in [7, 11) is 0. The van der Waals surface area contributed by atoms with Crippen molar-refractivity contribution in [2.45, 2.75) is 59.0 Å². The van der Waals surface area contributed by atoms with Gasteiger partial charge in [0.1, 0.15) is 0 Å². The standard InChI is InChI=1S/C17H24F6O2/c1-7(2)12-9-5-10(13(12)8(3)4)11(6-9)14(24)25-15(16(18,19)20)17(21,22)23/h7-13,15H,5-6H2,1-4H3/t9?,10?,11?,12-,13?/m1/s1. The Morgan fingerprint density at radius 2 is 1.36 bits per heavy atom. The van der Waals surface area contributed by atoms with Crippen LogP contribution in [0.15, 0.2) is 0 Å². The van der Waals surface area contributed by atoms with Crippen LogP contribution in [0.4, 0.5) is 26.3 Å². The molecule has 0 amide bonds. The first-order valence-corrected chi connectivity index (χ1v) is 8.59. The zero-order valence-electron chi connectivity index (χ0n) is 14.6. The molecule has 2 rings (SSSR count). The molecule has 146 valence electrons. The molecule has 0 aromatic heterocycles. The zero-order chi connectivity index (χ0) is 19.3. The van der Waals surface area contributed by atoms with Crippen molar-refractivity contribution >= 4 is 5.97 Å². The lowest BCUT2D eigenvalue weighted by Crippen LogP contribution is -2.47. The van der Waals surface area contributed by atoms with E-state index >= 15 is 0 Å². The molecule has 0 N–H and O–H groups in total. The van der Waals surface area contributed by atoms with E-state index in [0.717, 1.165) is 0 Å². The van der Waals surface area contributed by atoms with Crippen LogP contribution < -0.4 is 0 Å². The molecule has 2 aliphatic rings. The maximum absolute atomic E-state index is 12.6. The number of alkyl halides is 6. The molecule has 8 heteroatoms. The number of rotatable bonds is 4. The van der Waals surface area contributed by atoms with Gasteiger partial charge in [-0.1, -0.05) is 27.7 Å². The average Bonchev–Trinajstić information content (AvgIpc) is 2.99. The number of fused-ring (bicyclic) bond motifs is 2. The van der Waals surface area contributed by atoms with Crippen molar-refractivity contribution in [3.05, 3.63) is 0 Å². The molecule has 0 saturated heterocycles. The minimum absolute atomic E-state index is 0.117. The summed E-state index contributed by atoms with van der Waals surface area (Å²) in [6, 6.07) is 0. The van der Waals surface area contributed by atoms with Crippen LogP contribution in [0.3, 0.4) is 0 Å². The van der Waals surface area contributed by atoms with E-state index in [1.165, 1.54) is 0 Å². The lowest BCUT2D eigenvalue weighted by molar-refractivity contribution is -0.314. The Morgan fingerprint density at radius 3 is 1.76 bits per heavy atom. The molecule has 2 fully saturated rings. The van der Waals surface area contributed by atoms with Crippen LogP contribution in [0.25, 0.3) is 0 Å². The van der Waals surface area contributed by atoms with Gasteiger partial charge in [0.15, 0.2) is 0 Å². The molecule has 0 heterocycles. The number of carbonyl (C=O) groups excluding carboxylic acids is 1. The van der Waals surface area contributed by atoms with E-state index < -0.39 is 30.3 Å². The summed E-state index contributed by atoms with van der Waals surface area (Å²) in [5.41, 5.74) is 0. The van der Waals surface area contributed by atoms with Crippen molar-refractivity contribution in [3.8, 4) is 0 Å². The highest BCUT2D eigenvalue weighted by molar-refractivity contribution is 5.74. The fourth-order valence-electron chi connectivity index (χ4n) is 5.17. The zero-order valence-corrected chi connectivity index (χ0v) is 14.6. The van der Waals surface area contributed by atoms with Gasteiger partial charge in [-0.3, -0.25) is 4.79 Å². The predicted molar refractivity (Wildman–Crippen MR) is 78.4 cm³/mol. The van der Waals surface area contributed by atoms with Crippen LogP contribution in [-0.4, -0.2) is 24.4 Å². The molecule has 0 aromatic carbocycles. The summed E-state index contributed by atoms with van der Waals surface area (Å²) < 4.78 is 79.7. The van der Waals surface area contributed by atoms with Crippen LogP contribution in [0.1, 0.15) is 40.5 Å². The van der Waals surface area contributed by atoms with Crippen LogP contribution in [-0.2, 0) is 9.53 Å². The van der Waals surface area contributed by atoms with Gasteiger partial charge < -0.3 is 4.74 Å². The van der Waals surface area contributed by atoms with E-state index in [2.05, 4.69) is 18.6 Å². The van der Waals surface area contributed by atoms with Crippen LogP contribution >= 0.6 is 0 Å². The van der Waals surface area contributed by atoms with Crippen molar-refractivity contribution in [2.75, 3.05) is 0 Å². The first-order valence-electron chi connectivity index (χ1n) is 8.59. The van der Waals surface area contributed by atoms with Crippen LogP contribution in [0, 0.1) is 41.4 Å². The maximum atomic E-state index is 12.6. The number of hydrogen-bond donors (Lipinski definition) is 0. The number of ether oxygens (including phenoxy) is 1. The quantitative estimate of drug-likeness (QED) is 0.498. The monoisotopic (exact) mass is 374 g/mol. The van der Waals surface area contributed by atoms with E-state index in [0.29, 0.717) is 24.7 Å². The lowest BCUT2D eigenvalue weighted by atomic mass is 9.66. The van der Waals surface area contributed by atoms with Gasteiger partial charge >= 0.3 is 18.3 Å². The van der Waals surface area contributed by atoms with Gasteiger partial charge in [0.05, 0.1) is 5.92 Å². The topological polar surface area (TPSA) is 26.3 Å². The Morgan fingerprint density at radius 1 is 0.880 bits per heavy atom. The minimum Gasteiger partial charge on any atom is -0.443 e. The molecule has 0 aromatic rings. The highest BCUT2D eigenvalue weighted by Gasteiger charge is 2.62. The Kier molecular flexibility index (Phi) is 5.42. The van der Waals surface area contributed by atoms with Crippen LogP contribution in [0.5, 0.6) is 0 Å². The Hall–Kier alpha value is -0.950. The van der Waals surface area contributed by atoms with Crippen molar-refractivity contribution in [1.82, 2.24) is 0 Å². The maximum Gasteiger partial charge on any atom is 0.434 e. The molecular formula is C17H24F6O2. The van der Waals surface area contributed by atoms with Gasteiger partial charge in [0.25, 0.3) is 6.10 Å². The fourth-order valence-corrected chi connectivity index (χ4v) is 5.17. The molecule has 2 aliphatic carbocycles. The van der Waals surface area contributed by atoms with E-state index in [1.54, 1.807) is 0 Å². The molecule has 0 aliphatic heterocycles. The number of esters is 1. The Bertz CT molecular complexity index is 482. The second-order valence-corrected chi connectivity index (χ2v) is 8.04. The van der Waals surface area contributed by atoms with Crippen molar-refractivity contribution in [3.63, 3.8) is 0 Å². The molecule has 0 spiro atoms. The first kappa shape index (κ1) is 20.4. The second kappa shape index (κ2) is 6.65. The highest BCUT2D eigenvalue weighted by atomic mass is 19.4. The third-order valence-electron chi connectivity index (χ3n) is 5.80. The number of halogens is 6. The van der Waals surface area contributed by atoms with Crippen LogP contribution in [0.2, 0.25) is 0 Å². The molecule has 2 nitrogen and oxygen atoms in total. The van der Waals surface area contributed by atoms with Gasteiger partial charge in [-0.15, -0.1) is 0 Å². The van der Waals surface area contributed by atoms with E-state index in [-0.39, 0.29) is 23.7 Å². The minimum atomic E-state index is -5.66. The Balaban J connectivity index is 2.17. The smallest absolute Gasteiger partial charge is 0.434 e. The van der Waals surface area contributed by atoms with Gasteiger partial charge in [-0.05, 0) is 48.3 Å². The third kappa shape index (κ3) is 3.92. The molecule has 5 atom stereocenters. The van der Waals surface area contributed by atoms with E-state index in [9.17, 15) is 31.1 Å². The van der Waals surface area contributed by atoms with Crippen molar-refractivity contribution < 1.29 is 35.9 Å². The molecule has 25 heavy (non-hydrogen) atoms. The lowest BCUT2D eigenvalue weighted by Gasteiger charge is -2.40. The first-order chi connectivity index (χ1) is 11.2. The summed E-state index contributed by atoms with van der Waals surface area (Å²) in [6.07, 6.45) is -14.4. The van der Waals surface area contributed by atoms with Gasteiger partial charge in [-0.2, -0.15) is 26.3 Å². The second-order valence-electron chi connectivity index (χ2n) is 8.04. The third-order valence-corrected chi connectivity index (χ3v) is 5.80. The predicted octanol–water partition coefficient (Wildman–Crippen LogP) is 5.22. The van der Waals surface area contributed by atoms with Gasteiger partial charge in [0.2, 0.25) is 0 Å². The normalized spacial score (nSPS) is 32.9. The summed E-state index contributed by atoms with van der Waals surface area (Å²) in [4.78, 5) is 12.2. The summed E-state index contributed by atoms with van der Waals surface area (Å²) in [6.45, 7) is 8.10. The molecule has 2 saturated carbocycles. The van der Waals surface area contributed by atoms with Gasteiger partial charge in [-0.25, -0.2) is 0 Å². The fraction of sp³-hybridized carbons (Fsp3) is 0.941. The molecule has 0 radical (unpaired) electrons. The summed E-state index contributed by atoms with van der Waals surface area (Å²) in [5.74, 6) is -1.25. The number of hydrogen-bond acceptors (Lipinski definition) is 2. The van der Waals surface area contributed by atoms with Crippen molar-refractivity contribution in [2.24, 2.45) is 41.4 Å². The van der Waals surface area contributed by atoms with E-state index in [1.807, 2.05) is 13.8 Å². The summed E-state index contributed by atoms with van der Waals surface area (Å²) >= 11 is 0. The van der Waals surface area contributed by atoms with Crippen molar-refractivity contribution in [1.29, 1.82) is 0 Å². The molecular weight excluding hydrogens is 350 g/mol. The number of carbonyl (C=O) groups is 1. The largest absolute Gasteiger partial charge is 0.443 e. The summed E-state index contributed by atoms with van der Waals surface area (Å²) in [5, 5.41) is 0. The SMILES string of the molecule is CC(C)C1C2CC(CC2C(=O)OC(C(F)(F)F)C(F)(F)F)[C@H]1C(C)C. The Labute approximate surface area is 143 Å². The molecule has 4 unspecified atom stereocenters. The molecule has 2 bridgehead atoms.